The number of nitrogens with one attached hydrogen (secondary N) is 1. The van der Waals surface area contributed by atoms with Crippen LogP contribution in [0.15, 0.2) is 0 Å². The molecule has 0 amide bonds. The highest BCUT2D eigenvalue weighted by Gasteiger charge is 2.04. The summed E-state index contributed by atoms with van der Waals surface area (Å²) in [7, 11) is 0.613. The summed E-state index contributed by atoms with van der Waals surface area (Å²) in [6, 6.07) is 1.99. The van der Waals surface area contributed by atoms with Gasteiger partial charge in [0.2, 0.25) is 0 Å². The highest BCUT2D eigenvalue weighted by Crippen LogP contribution is 2.31. The molecule has 64 valence electrons. The second-order valence-electron chi connectivity index (χ2n) is 1.69. The molecule has 0 aromatic heterocycles. The van der Waals surface area contributed by atoms with Gasteiger partial charge in [-0.1, -0.05) is 6.92 Å². The molecule has 0 aromatic carbocycles. The second-order valence-corrected chi connectivity index (χ2v) is 3.15. The molecule has 4 nitrogen and oxygen atoms in total. The smallest absolute Gasteiger partial charge is 0.255 e. The largest absolute Gasteiger partial charge is 0.325 e. The molecule has 11 heavy (non-hydrogen) atoms. The van der Waals surface area contributed by atoms with Crippen molar-refractivity contribution in [1.82, 2.24) is 5.09 Å². The topological polar surface area (TPSA) is 54.3 Å². The Morgan fingerprint density at radius 1 is 1.64 bits per heavy atom. The van der Waals surface area contributed by atoms with E-state index in [4.69, 9.17) is 14.3 Å². The van der Waals surface area contributed by atoms with Crippen LogP contribution in [0.4, 0.5) is 0 Å². The summed E-state index contributed by atoms with van der Waals surface area (Å²) in [5, 5.41) is 11.2. The minimum absolute atomic E-state index is 0.410. The third-order valence-corrected chi connectivity index (χ3v) is 2.20. The molecule has 0 spiro atoms. The Bertz CT molecular complexity index is 126. The molecule has 0 saturated heterocycles. The minimum atomic E-state index is -0.971. The Labute approximate surface area is 68.5 Å². The molecule has 0 aliphatic rings. The van der Waals surface area contributed by atoms with Crippen molar-refractivity contribution in [2.75, 3.05) is 20.3 Å². The summed E-state index contributed by atoms with van der Waals surface area (Å²) in [6.07, 6.45) is 0.410. The maximum Gasteiger partial charge on any atom is 0.255 e. The van der Waals surface area contributed by atoms with E-state index >= 15 is 0 Å². The maximum absolute atomic E-state index is 8.20. The van der Waals surface area contributed by atoms with Gasteiger partial charge in [-0.15, -0.1) is 0 Å². The Kier molecular flexibility index (Phi) is 7.76. The van der Waals surface area contributed by atoms with Crippen LogP contribution in [0.25, 0.3) is 0 Å². The summed E-state index contributed by atoms with van der Waals surface area (Å²) in [4.78, 5) is 0. The second kappa shape index (κ2) is 7.90. The van der Waals surface area contributed by atoms with E-state index in [1.54, 1.807) is 7.11 Å². The van der Waals surface area contributed by atoms with Gasteiger partial charge in [0, 0.05) is 13.7 Å². The molecule has 0 fully saturated rings. The molecular formula is C6H13N2O2P. The molecule has 0 saturated carbocycles. The van der Waals surface area contributed by atoms with Crippen LogP contribution in [0.2, 0.25) is 0 Å². The van der Waals surface area contributed by atoms with E-state index in [9.17, 15) is 0 Å². The van der Waals surface area contributed by atoms with E-state index in [1.165, 1.54) is 0 Å². The molecule has 0 aliphatic heterocycles. The normalized spacial score (nSPS) is 12.5. The van der Waals surface area contributed by atoms with Crippen molar-refractivity contribution in [2.45, 2.75) is 13.3 Å². The van der Waals surface area contributed by atoms with E-state index in [-0.39, 0.29) is 0 Å². The zero-order chi connectivity index (χ0) is 8.53. The number of rotatable bonds is 6. The monoisotopic (exact) mass is 176 g/mol. The molecule has 1 unspecified atom stereocenters. The predicted molar refractivity (Wildman–Crippen MR) is 43.8 cm³/mol. The van der Waals surface area contributed by atoms with Crippen molar-refractivity contribution < 1.29 is 9.05 Å². The molecule has 0 radical (unpaired) electrons. The predicted octanol–water partition coefficient (Wildman–Crippen LogP) is 1.40. The Morgan fingerprint density at radius 3 is 2.82 bits per heavy atom. The lowest BCUT2D eigenvalue weighted by Crippen LogP contribution is -2.08. The molecular weight excluding hydrogens is 163 g/mol. The summed E-state index contributed by atoms with van der Waals surface area (Å²) in [5.74, 6) is 0. The van der Waals surface area contributed by atoms with Crippen molar-refractivity contribution in [1.29, 1.82) is 5.26 Å². The van der Waals surface area contributed by atoms with E-state index < -0.39 is 8.53 Å². The van der Waals surface area contributed by atoms with Gasteiger partial charge in [-0.3, -0.25) is 5.09 Å². The van der Waals surface area contributed by atoms with Crippen molar-refractivity contribution in [3.05, 3.63) is 0 Å². The van der Waals surface area contributed by atoms with E-state index in [0.717, 1.165) is 6.54 Å². The van der Waals surface area contributed by atoms with Crippen molar-refractivity contribution in [3.8, 4) is 6.07 Å². The molecule has 0 heterocycles. The summed E-state index contributed by atoms with van der Waals surface area (Å²) in [5.41, 5.74) is 0. The molecule has 0 bridgehead atoms. The SMILES string of the molecule is CCNP(OC)OCCC#N. The molecule has 1 N–H and O–H groups in total. The zero-order valence-corrected chi connectivity index (χ0v) is 7.73. The third-order valence-electron chi connectivity index (χ3n) is 0.875. The first kappa shape index (κ1) is 10.8. The van der Waals surface area contributed by atoms with Crippen LogP contribution in [0, 0.1) is 11.3 Å². The number of hydrogen-bond donors (Lipinski definition) is 1. The van der Waals surface area contributed by atoms with Crippen LogP contribution >= 0.6 is 8.53 Å². The fraction of sp³-hybridized carbons (Fsp3) is 0.833. The van der Waals surface area contributed by atoms with Crippen LogP contribution < -0.4 is 5.09 Å². The molecule has 1 atom stereocenters. The van der Waals surface area contributed by atoms with Gasteiger partial charge in [-0.2, -0.15) is 5.26 Å². The van der Waals surface area contributed by atoms with Gasteiger partial charge in [-0.05, 0) is 0 Å². The summed E-state index contributed by atoms with van der Waals surface area (Å²) in [6.45, 7) is 3.22. The van der Waals surface area contributed by atoms with Gasteiger partial charge >= 0.3 is 0 Å². The van der Waals surface area contributed by atoms with Gasteiger partial charge in [0.1, 0.15) is 0 Å². The van der Waals surface area contributed by atoms with E-state index in [0.29, 0.717) is 13.0 Å². The first-order valence-electron chi connectivity index (χ1n) is 3.42. The summed E-state index contributed by atoms with van der Waals surface area (Å²) < 4.78 is 10.1. The first-order valence-corrected chi connectivity index (χ1v) is 4.60. The van der Waals surface area contributed by atoms with Gasteiger partial charge in [0.05, 0.1) is 19.1 Å². The lowest BCUT2D eigenvalue weighted by Gasteiger charge is -2.13. The van der Waals surface area contributed by atoms with Gasteiger partial charge in [0.25, 0.3) is 8.53 Å². The van der Waals surface area contributed by atoms with Crippen molar-refractivity contribution in [2.24, 2.45) is 0 Å². The van der Waals surface area contributed by atoms with E-state index in [1.807, 2.05) is 13.0 Å². The lowest BCUT2D eigenvalue weighted by atomic mass is 10.5. The minimum Gasteiger partial charge on any atom is -0.325 e. The lowest BCUT2D eigenvalue weighted by molar-refractivity contribution is 0.282. The van der Waals surface area contributed by atoms with Crippen LogP contribution in [-0.4, -0.2) is 20.3 Å². The quantitative estimate of drug-likeness (QED) is 0.491. The maximum atomic E-state index is 8.20. The fourth-order valence-electron chi connectivity index (χ4n) is 0.466. The van der Waals surface area contributed by atoms with Crippen LogP contribution in [0.1, 0.15) is 13.3 Å². The average Bonchev–Trinajstić information content (AvgIpc) is 2.03. The zero-order valence-electron chi connectivity index (χ0n) is 6.83. The molecule has 0 aliphatic carbocycles. The van der Waals surface area contributed by atoms with E-state index in [2.05, 4.69) is 5.09 Å². The standard InChI is InChI=1S/C6H13N2O2P/c1-3-8-11(9-2)10-6-4-5-7/h8H,3-4,6H2,1-2H3. The number of hydrogen-bond acceptors (Lipinski definition) is 4. The Morgan fingerprint density at radius 2 is 2.36 bits per heavy atom. The van der Waals surface area contributed by atoms with Crippen LogP contribution in [0.5, 0.6) is 0 Å². The van der Waals surface area contributed by atoms with Crippen LogP contribution in [-0.2, 0) is 9.05 Å². The van der Waals surface area contributed by atoms with Gasteiger partial charge in [0.15, 0.2) is 0 Å². The molecule has 0 aromatic rings. The molecule has 0 rings (SSSR count). The van der Waals surface area contributed by atoms with Crippen LogP contribution in [0.3, 0.4) is 0 Å². The first-order chi connectivity index (χ1) is 5.35. The van der Waals surface area contributed by atoms with Gasteiger partial charge in [-0.25, -0.2) is 0 Å². The third kappa shape index (κ3) is 6.21. The van der Waals surface area contributed by atoms with Gasteiger partial charge < -0.3 is 9.05 Å². The highest BCUT2D eigenvalue weighted by molar-refractivity contribution is 7.44. The molecule has 5 heteroatoms. The Balaban J connectivity index is 3.29. The highest BCUT2D eigenvalue weighted by atomic mass is 31.2. The number of nitrogens with zero attached hydrogens (tertiary/aromatic N) is 1. The Hall–Kier alpha value is -0.200. The van der Waals surface area contributed by atoms with Crippen molar-refractivity contribution >= 4 is 8.53 Å². The summed E-state index contributed by atoms with van der Waals surface area (Å²) >= 11 is 0. The average molecular weight is 176 g/mol. The number of nitriles is 1. The fourth-order valence-corrected chi connectivity index (χ4v) is 1.31. The van der Waals surface area contributed by atoms with Crippen molar-refractivity contribution in [3.63, 3.8) is 0 Å².